The van der Waals surface area contributed by atoms with Crippen LogP contribution < -0.4 is 26.0 Å². The maximum atomic E-state index is 9.60. The smallest absolute Gasteiger partial charge is 0.256 e. The van der Waals surface area contributed by atoms with Crippen molar-refractivity contribution in [1.82, 2.24) is 0 Å². The molecule has 0 saturated carbocycles. The van der Waals surface area contributed by atoms with E-state index >= 15 is 0 Å². The summed E-state index contributed by atoms with van der Waals surface area (Å²) in [7, 11) is 0. The van der Waals surface area contributed by atoms with Crippen molar-refractivity contribution in [2.75, 3.05) is 4.90 Å². The highest BCUT2D eigenvalue weighted by molar-refractivity contribution is 6.99. The zero-order valence-corrected chi connectivity index (χ0v) is 20.4. The third-order valence-corrected chi connectivity index (χ3v) is 6.21. The summed E-state index contributed by atoms with van der Waals surface area (Å²) in [6, 6.07) is -7.18. The standard InChI is InChI=1S/C32H32BNO/c1-31(2,3)21-14-17-23(18-15-21)34-26-19-16-22(32(4,5)6)20-25(26)33-24-10-7-8-12-28(24)35-29-13-9-11-27(34)30(29)33/h7-20H,1-6H3/i7D,8D,9D,10D,11D,12D,13D,14D,15D,16D,17D,18D,19D,20D. The van der Waals surface area contributed by atoms with Crippen LogP contribution in [0.5, 0.6) is 11.5 Å². The predicted octanol–water partition coefficient (Wildman–Crippen LogP) is 6.69. The SMILES string of the molecule is [2H]c1c([2H])c([2H])c2c(c1[2H])Oc1c([2H])c([2H])c([2H])c3c1B2c1c([2H])c(C(C)(C)C)c([2H])c([2H])c1N3c1c([2H])c([2H])c(C(C)(C)C)c([2H])c1[2H]. The molecule has 0 unspecified atom stereocenters. The minimum absolute atomic E-state index is 0.0532. The second-order valence-corrected chi connectivity index (χ2v) is 10.8. The molecule has 4 aromatic carbocycles. The Morgan fingerprint density at radius 2 is 1.31 bits per heavy atom. The van der Waals surface area contributed by atoms with Gasteiger partial charge in [-0.1, -0.05) is 89.9 Å². The first-order valence-electron chi connectivity index (χ1n) is 18.4. The fourth-order valence-electron chi connectivity index (χ4n) is 4.35. The van der Waals surface area contributed by atoms with E-state index in [4.69, 9.17) is 18.4 Å². The summed E-state index contributed by atoms with van der Waals surface area (Å²) >= 11 is 0. The van der Waals surface area contributed by atoms with Crippen molar-refractivity contribution in [1.29, 1.82) is 0 Å². The number of rotatable bonds is 1. The Hall–Kier alpha value is -3.46. The van der Waals surface area contributed by atoms with Crippen molar-refractivity contribution in [2.45, 2.75) is 52.4 Å². The first-order chi connectivity index (χ1) is 22.5. The van der Waals surface area contributed by atoms with Gasteiger partial charge in [-0.15, -0.1) is 0 Å². The summed E-state index contributed by atoms with van der Waals surface area (Å²) < 4.78 is 132. The van der Waals surface area contributed by atoms with Gasteiger partial charge in [0.05, 0.1) is 19.2 Å². The summed E-state index contributed by atoms with van der Waals surface area (Å²) in [5.74, 6) is -0.689. The Labute approximate surface area is 229 Å². The lowest BCUT2D eigenvalue weighted by Crippen LogP contribution is -2.59. The van der Waals surface area contributed by atoms with Crippen molar-refractivity contribution in [2.24, 2.45) is 0 Å². The largest absolute Gasteiger partial charge is 0.458 e. The van der Waals surface area contributed by atoms with Crippen LogP contribution in [0.2, 0.25) is 0 Å². The summed E-state index contributed by atoms with van der Waals surface area (Å²) in [4.78, 5) is 1.09. The number of hydrogen-bond acceptors (Lipinski definition) is 2. The van der Waals surface area contributed by atoms with Gasteiger partial charge in [0, 0.05) is 17.1 Å². The summed E-state index contributed by atoms with van der Waals surface area (Å²) in [5, 5.41) is 0. The van der Waals surface area contributed by atoms with Gasteiger partial charge >= 0.3 is 0 Å². The molecule has 0 N–H and O–H groups in total. The number of anilines is 3. The topological polar surface area (TPSA) is 12.5 Å². The minimum Gasteiger partial charge on any atom is -0.458 e. The molecule has 3 heteroatoms. The third-order valence-electron chi connectivity index (χ3n) is 6.21. The maximum Gasteiger partial charge on any atom is 0.256 e. The predicted molar refractivity (Wildman–Crippen MR) is 150 cm³/mol. The molecule has 0 atom stereocenters. The lowest BCUT2D eigenvalue weighted by molar-refractivity contribution is 0.487. The first-order valence-corrected chi connectivity index (χ1v) is 11.4. The second kappa shape index (κ2) is 7.52. The number of benzene rings is 4. The Bertz CT molecular complexity index is 2160. The first kappa shape index (κ1) is 11.5. The van der Waals surface area contributed by atoms with Gasteiger partial charge in [0.25, 0.3) is 6.71 Å². The van der Waals surface area contributed by atoms with Crippen LogP contribution in [0.15, 0.2) is 84.6 Å². The van der Waals surface area contributed by atoms with E-state index in [2.05, 4.69) is 0 Å². The Morgan fingerprint density at radius 1 is 0.657 bits per heavy atom. The van der Waals surface area contributed by atoms with Gasteiger partial charge in [-0.05, 0) is 74.6 Å². The Kier molecular flexibility index (Phi) is 2.48. The molecule has 2 aliphatic rings. The van der Waals surface area contributed by atoms with Gasteiger partial charge < -0.3 is 9.64 Å². The molecule has 2 aliphatic heterocycles. The van der Waals surface area contributed by atoms with Gasteiger partial charge in [-0.3, -0.25) is 0 Å². The Morgan fingerprint density at radius 3 is 2.03 bits per heavy atom. The third kappa shape index (κ3) is 3.48. The van der Waals surface area contributed by atoms with Crippen LogP contribution in [0.3, 0.4) is 0 Å². The average Bonchev–Trinajstić information content (AvgIpc) is 3.00. The molecular formula is C32H32BNO. The quantitative estimate of drug-likeness (QED) is 0.248. The van der Waals surface area contributed by atoms with E-state index in [-0.39, 0.29) is 74.6 Å². The molecular weight excluding hydrogens is 425 g/mol. The van der Waals surface area contributed by atoms with Crippen LogP contribution in [-0.2, 0) is 10.8 Å². The van der Waals surface area contributed by atoms with E-state index < -0.39 is 83.7 Å². The van der Waals surface area contributed by atoms with E-state index in [1.54, 1.807) is 41.5 Å². The maximum absolute atomic E-state index is 9.60. The van der Waals surface area contributed by atoms with Crippen LogP contribution >= 0.6 is 0 Å². The zero-order chi connectivity index (χ0) is 36.7. The monoisotopic (exact) mass is 471 g/mol. The van der Waals surface area contributed by atoms with Gasteiger partial charge in [0.1, 0.15) is 11.5 Å². The molecule has 0 radical (unpaired) electrons. The number of fused-ring (bicyclic) bond motifs is 4. The minimum atomic E-state index is -1.36. The van der Waals surface area contributed by atoms with Crippen molar-refractivity contribution in [3.05, 3.63) is 95.7 Å². The van der Waals surface area contributed by atoms with E-state index in [1.807, 2.05) is 0 Å². The second-order valence-electron chi connectivity index (χ2n) is 10.8. The lowest BCUT2D eigenvalue weighted by Gasteiger charge is -2.40. The molecule has 0 spiro atoms. The molecule has 0 aliphatic carbocycles. The molecule has 174 valence electrons. The number of ether oxygens (including phenoxy) is 1. The highest BCUT2D eigenvalue weighted by Crippen LogP contribution is 2.41. The summed E-state index contributed by atoms with van der Waals surface area (Å²) in [5.41, 5.74) is -2.66. The average molecular weight is 472 g/mol. The highest BCUT2D eigenvalue weighted by atomic mass is 16.5. The molecule has 0 fully saturated rings. The van der Waals surface area contributed by atoms with Gasteiger partial charge in [-0.25, -0.2) is 0 Å². The fraction of sp³-hybridized carbons (Fsp3) is 0.250. The van der Waals surface area contributed by atoms with Crippen LogP contribution in [0.4, 0.5) is 17.1 Å². The van der Waals surface area contributed by atoms with Crippen LogP contribution in [0, 0.1) is 0 Å². The molecule has 6 rings (SSSR count). The molecule has 0 saturated heterocycles. The molecule has 0 bridgehead atoms. The van der Waals surface area contributed by atoms with Gasteiger partial charge in [-0.2, -0.15) is 0 Å². The normalized spacial score (nSPS) is 19.7. The van der Waals surface area contributed by atoms with Crippen LogP contribution in [0.25, 0.3) is 0 Å². The van der Waals surface area contributed by atoms with Gasteiger partial charge in [0.15, 0.2) is 0 Å². The van der Waals surface area contributed by atoms with Gasteiger partial charge in [0.2, 0.25) is 0 Å². The lowest BCUT2D eigenvalue weighted by atomic mass is 9.34. The van der Waals surface area contributed by atoms with Crippen molar-refractivity contribution >= 4 is 40.2 Å². The van der Waals surface area contributed by atoms with Crippen LogP contribution in [0.1, 0.15) is 71.9 Å². The zero-order valence-electron chi connectivity index (χ0n) is 34.4. The molecule has 0 aromatic heterocycles. The van der Waals surface area contributed by atoms with Crippen molar-refractivity contribution < 1.29 is 23.9 Å². The van der Waals surface area contributed by atoms with E-state index in [9.17, 15) is 5.48 Å². The summed E-state index contributed by atoms with van der Waals surface area (Å²) in [6.07, 6.45) is 0. The number of hydrogen-bond donors (Lipinski definition) is 0. The molecule has 2 heterocycles. The molecule has 4 aromatic rings. The fourth-order valence-corrected chi connectivity index (χ4v) is 4.35. The van der Waals surface area contributed by atoms with E-state index in [0.29, 0.717) is 0 Å². The highest BCUT2D eigenvalue weighted by Gasteiger charge is 2.41. The van der Waals surface area contributed by atoms with E-state index in [0.717, 1.165) is 4.90 Å². The van der Waals surface area contributed by atoms with Crippen molar-refractivity contribution in [3.63, 3.8) is 0 Å². The number of nitrogens with zero attached hydrogens (tertiary/aromatic N) is 1. The van der Waals surface area contributed by atoms with E-state index in [1.165, 1.54) is 0 Å². The molecule has 35 heavy (non-hydrogen) atoms. The molecule has 0 amide bonds. The summed E-state index contributed by atoms with van der Waals surface area (Å²) in [6.45, 7) is 9.09. The number of para-hydroxylation sites is 1. The molecule has 2 nitrogen and oxygen atoms in total. The van der Waals surface area contributed by atoms with Crippen molar-refractivity contribution in [3.8, 4) is 11.5 Å². The van der Waals surface area contributed by atoms with Crippen LogP contribution in [-0.4, -0.2) is 6.71 Å². The Balaban J connectivity index is 1.93.